The SMILES string of the molecule is CC(C)(C)c1ccn(CS)n1. The van der Waals surface area contributed by atoms with Gasteiger partial charge >= 0.3 is 0 Å². The van der Waals surface area contributed by atoms with Crippen molar-refractivity contribution in [3.05, 3.63) is 18.0 Å². The maximum atomic E-state index is 4.34. The lowest BCUT2D eigenvalue weighted by molar-refractivity contribution is 0.552. The first kappa shape index (κ1) is 8.65. The molecular formula is C8H14N2S. The summed E-state index contributed by atoms with van der Waals surface area (Å²) in [6.45, 7) is 6.45. The number of aromatic nitrogens is 2. The van der Waals surface area contributed by atoms with E-state index in [1.54, 1.807) is 0 Å². The summed E-state index contributed by atoms with van der Waals surface area (Å²) >= 11 is 4.12. The largest absolute Gasteiger partial charge is 0.263 e. The van der Waals surface area contributed by atoms with E-state index < -0.39 is 0 Å². The molecule has 3 heteroatoms. The van der Waals surface area contributed by atoms with E-state index in [2.05, 4.69) is 38.5 Å². The third kappa shape index (κ3) is 1.99. The molecule has 0 atom stereocenters. The van der Waals surface area contributed by atoms with Gasteiger partial charge in [-0.1, -0.05) is 20.8 Å². The first-order valence-corrected chi connectivity index (χ1v) is 4.32. The summed E-state index contributed by atoms with van der Waals surface area (Å²) in [5, 5.41) is 4.34. The van der Waals surface area contributed by atoms with Gasteiger partial charge in [0.15, 0.2) is 0 Å². The zero-order valence-corrected chi connectivity index (χ0v) is 8.10. The first-order chi connectivity index (χ1) is 5.04. The number of hydrogen-bond donors (Lipinski definition) is 1. The molecule has 2 nitrogen and oxygen atoms in total. The highest BCUT2D eigenvalue weighted by atomic mass is 32.1. The molecule has 62 valence electrons. The van der Waals surface area contributed by atoms with Crippen LogP contribution in [0, 0.1) is 0 Å². The lowest BCUT2D eigenvalue weighted by atomic mass is 9.93. The lowest BCUT2D eigenvalue weighted by Gasteiger charge is -2.13. The summed E-state index contributed by atoms with van der Waals surface area (Å²) in [6, 6.07) is 2.04. The topological polar surface area (TPSA) is 17.8 Å². The Hall–Kier alpha value is -0.440. The van der Waals surface area contributed by atoms with Crippen molar-refractivity contribution in [2.45, 2.75) is 32.1 Å². The molecule has 1 aromatic rings. The van der Waals surface area contributed by atoms with Gasteiger partial charge < -0.3 is 0 Å². The molecule has 0 N–H and O–H groups in total. The average Bonchev–Trinajstić information content (AvgIpc) is 2.32. The normalized spacial score (nSPS) is 12.0. The van der Waals surface area contributed by atoms with Gasteiger partial charge in [0.25, 0.3) is 0 Å². The van der Waals surface area contributed by atoms with E-state index in [-0.39, 0.29) is 5.41 Å². The molecule has 0 aliphatic carbocycles. The summed E-state index contributed by atoms with van der Waals surface area (Å²) in [5.74, 6) is 0.649. The van der Waals surface area contributed by atoms with Gasteiger partial charge in [-0.3, -0.25) is 4.68 Å². The Morgan fingerprint density at radius 3 is 2.45 bits per heavy atom. The van der Waals surface area contributed by atoms with Gasteiger partial charge in [-0.05, 0) is 6.07 Å². The van der Waals surface area contributed by atoms with E-state index in [1.807, 2.05) is 16.9 Å². The van der Waals surface area contributed by atoms with Gasteiger partial charge in [0.1, 0.15) is 0 Å². The minimum absolute atomic E-state index is 0.147. The second-order valence-electron chi connectivity index (χ2n) is 3.63. The minimum atomic E-state index is 0.147. The van der Waals surface area contributed by atoms with Gasteiger partial charge in [-0.2, -0.15) is 17.7 Å². The van der Waals surface area contributed by atoms with E-state index in [0.29, 0.717) is 5.88 Å². The van der Waals surface area contributed by atoms with Crippen LogP contribution in [0.5, 0.6) is 0 Å². The molecule has 0 bridgehead atoms. The minimum Gasteiger partial charge on any atom is -0.263 e. The van der Waals surface area contributed by atoms with Crippen molar-refractivity contribution in [1.82, 2.24) is 9.78 Å². The van der Waals surface area contributed by atoms with Crippen LogP contribution < -0.4 is 0 Å². The fourth-order valence-electron chi connectivity index (χ4n) is 0.840. The van der Waals surface area contributed by atoms with E-state index in [0.717, 1.165) is 5.69 Å². The molecule has 0 spiro atoms. The van der Waals surface area contributed by atoms with Crippen LogP contribution in [-0.4, -0.2) is 9.78 Å². The third-order valence-corrected chi connectivity index (χ3v) is 1.84. The van der Waals surface area contributed by atoms with Gasteiger partial charge in [0.05, 0.1) is 11.6 Å². The molecule has 0 saturated carbocycles. The highest BCUT2D eigenvalue weighted by Gasteiger charge is 2.15. The Morgan fingerprint density at radius 1 is 1.55 bits per heavy atom. The van der Waals surface area contributed by atoms with Crippen LogP contribution in [-0.2, 0) is 11.3 Å². The number of nitrogens with zero attached hydrogens (tertiary/aromatic N) is 2. The number of thiol groups is 1. The molecule has 0 aliphatic rings. The molecule has 1 rings (SSSR count). The fraction of sp³-hybridized carbons (Fsp3) is 0.625. The van der Waals surface area contributed by atoms with Crippen molar-refractivity contribution >= 4 is 12.6 Å². The molecule has 0 unspecified atom stereocenters. The molecule has 0 saturated heterocycles. The van der Waals surface area contributed by atoms with E-state index in [1.165, 1.54) is 0 Å². The lowest BCUT2D eigenvalue weighted by Crippen LogP contribution is -2.12. The van der Waals surface area contributed by atoms with Crippen molar-refractivity contribution in [2.75, 3.05) is 0 Å². The molecule has 0 fully saturated rings. The summed E-state index contributed by atoms with van der Waals surface area (Å²) in [7, 11) is 0. The third-order valence-electron chi connectivity index (χ3n) is 1.55. The maximum Gasteiger partial charge on any atom is 0.0834 e. The van der Waals surface area contributed by atoms with Crippen LogP contribution in [0.3, 0.4) is 0 Å². The van der Waals surface area contributed by atoms with Crippen LogP contribution >= 0.6 is 12.6 Å². The van der Waals surface area contributed by atoms with E-state index in [9.17, 15) is 0 Å². The zero-order valence-electron chi connectivity index (χ0n) is 7.20. The summed E-state index contributed by atoms with van der Waals surface area (Å²) in [4.78, 5) is 0. The molecule has 1 aromatic heterocycles. The Balaban J connectivity index is 2.89. The zero-order chi connectivity index (χ0) is 8.48. The van der Waals surface area contributed by atoms with Gasteiger partial charge in [0, 0.05) is 11.6 Å². The van der Waals surface area contributed by atoms with Crippen molar-refractivity contribution in [2.24, 2.45) is 0 Å². The number of hydrogen-bond acceptors (Lipinski definition) is 2. The number of rotatable bonds is 1. The quantitative estimate of drug-likeness (QED) is 0.639. The van der Waals surface area contributed by atoms with Gasteiger partial charge in [-0.15, -0.1) is 0 Å². The summed E-state index contributed by atoms with van der Waals surface area (Å²) < 4.78 is 1.82. The first-order valence-electron chi connectivity index (χ1n) is 3.69. The predicted octanol–water partition coefficient (Wildman–Crippen LogP) is 2.07. The van der Waals surface area contributed by atoms with Crippen molar-refractivity contribution in [1.29, 1.82) is 0 Å². The molecule has 0 amide bonds. The monoisotopic (exact) mass is 170 g/mol. The van der Waals surface area contributed by atoms with Gasteiger partial charge in [-0.25, -0.2) is 0 Å². The summed E-state index contributed by atoms with van der Waals surface area (Å²) in [5.41, 5.74) is 1.26. The van der Waals surface area contributed by atoms with Crippen LogP contribution in [0.2, 0.25) is 0 Å². The average molecular weight is 170 g/mol. The Bertz CT molecular complexity index is 234. The van der Waals surface area contributed by atoms with E-state index >= 15 is 0 Å². The van der Waals surface area contributed by atoms with Crippen molar-refractivity contribution < 1.29 is 0 Å². The maximum absolute atomic E-state index is 4.34. The standard InChI is InChI=1S/C8H14N2S/c1-8(2,3)7-4-5-10(6-11)9-7/h4-5,11H,6H2,1-3H3. The summed E-state index contributed by atoms with van der Waals surface area (Å²) in [6.07, 6.45) is 1.95. The van der Waals surface area contributed by atoms with Crippen LogP contribution in [0.15, 0.2) is 12.3 Å². The highest BCUT2D eigenvalue weighted by molar-refractivity contribution is 7.79. The molecular weight excluding hydrogens is 156 g/mol. The Kier molecular flexibility index (Phi) is 2.28. The Morgan fingerprint density at radius 2 is 2.18 bits per heavy atom. The predicted molar refractivity (Wildman–Crippen MR) is 49.9 cm³/mol. The highest BCUT2D eigenvalue weighted by Crippen LogP contribution is 2.19. The Labute approximate surface area is 73.0 Å². The van der Waals surface area contributed by atoms with E-state index in [4.69, 9.17) is 0 Å². The molecule has 0 radical (unpaired) electrons. The van der Waals surface area contributed by atoms with Crippen LogP contribution in [0.1, 0.15) is 26.5 Å². The second-order valence-corrected chi connectivity index (χ2v) is 3.91. The smallest absolute Gasteiger partial charge is 0.0834 e. The van der Waals surface area contributed by atoms with Crippen LogP contribution in [0.25, 0.3) is 0 Å². The molecule has 0 aliphatic heterocycles. The molecule has 0 aromatic carbocycles. The fourth-order valence-corrected chi connectivity index (χ4v) is 0.998. The van der Waals surface area contributed by atoms with Gasteiger partial charge in [0.2, 0.25) is 0 Å². The van der Waals surface area contributed by atoms with Crippen molar-refractivity contribution in [3.63, 3.8) is 0 Å². The molecule has 11 heavy (non-hydrogen) atoms. The van der Waals surface area contributed by atoms with Crippen molar-refractivity contribution in [3.8, 4) is 0 Å². The van der Waals surface area contributed by atoms with Crippen LogP contribution in [0.4, 0.5) is 0 Å². The second kappa shape index (κ2) is 2.89. The molecule has 1 heterocycles.